The highest BCUT2D eigenvalue weighted by Crippen LogP contribution is 2.46. The minimum absolute atomic E-state index is 0.348. The van der Waals surface area contributed by atoms with E-state index in [2.05, 4.69) is 5.32 Å². The zero-order valence-corrected chi connectivity index (χ0v) is 11.0. The molecule has 0 saturated heterocycles. The van der Waals surface area contributed by atoms with Gasteiger partial charge in [-0.05, 0) is 37.5 Å². The molecule has 2 aliphatic rings. The minimum Gasteiger partial charge on any atom is -0.481 e. The zero-order valence-electron chi connectivity index (χ0n) is 11.0. The quantitative estimate of drug-likeness (QED) is 0.516. The lowest BCUT2D eigenvalue weighted by molar-refractivity contribution is -0.139. The highest BCUT2D eigenvalue weighted by molar-refractivity contribution is 5.85. The summed E-state index contributed by atoms with van der Waals surface area (Å²) < 4.78 is 5.83. The Balaban J connectivity index is 1.57. The number of carboxylic acid groups (broad SMARTS) is 1. The van der Waals surface area contributed by atoms with Crippen LogP contribution in [0.1, 0.15) is 32.1 Å². The zero-order chi connectivity index (χ0) is 13.8. The van der Waals surface area contributed by atoms with E-state index in [1.807, 2.05) is 0 Å². The fourth-order valence-corrected chi connectivity index (χ4v) is 2.29. The largest absolute Gasteiger partial charge is 0.481 e. The van der Waals surface area contributed by atoms with Crippen molar-refractivity contribution >= 4 is 11.9 Å². The van der Waals surface area contributed by atoms with Crippen LogP contribution in [-0.4, -0.2) is 42.3 Å². The van der Waals surface area contributed by atoms with E-state index < -0.39 is 17.9 Å². The van der Waals surface area contributed by atoms with E-state index in [9.17, 15) is 9.59 Å². The van der Waals surface area contributed by atoms with E-state index in [4.69, 9.17) is 15.6 Å². The van der Waals surface area contributed by atoms with Crippen LogP contribution in [0, 0.1) is 11.8 Å². The number of amides is 1. The van der Waals surface area contributed by atoms with Gasteiger partial charge in [0.2, 0.25) is 5.91 Å². The van der Waals surface area contributed by atoms with Crippen LogP contribution < -0.4 is 11.1 Å². The van der Waals surface area contributed by atoms with Crippen molar-refractivity contribution < 1.29 is 19.4 Å². The molecule has 2 rings (SSSR count). The molecular weight excluding hydrogens is 248 g/mol. The van der Waals surface area contributed by atoms with E-state index in [0.717, 1.165) is 11.8 Å². The number of carboxylic acids is 1. The van der Waals surface area contributed by atoms with E-state index in [-0.39, 0.29) is 6.42 Å². The van der Waals surface area contributed by atoms with Gasteiger partial charge in [-0.1, -0.05) is 0 Å². The topological polar surface area (TPSA) is 102 Å². The van der Waals surface area contributed by atoms with Gasteiger partial charge >= 0.3 is 5.97 Å². The molecule has 0 radical (unpaired) electrons. The summed E-state index contributed by atoms with van der Waals surface area (Å²) in [5.74, 6) is -0.0586. The minimum atomic E-state index is -1.07. The number of hydrogen-bond donors (Lipinski definition) is 3. The third kappa shape index (κ3) is 4.80. The Kier molecular flexibility index (Phi) is 4.76. The fourth-order valence-electron chi connectivity index (χ4n) is 2.29. The van der Waals surface area contributed by atoms with Crippen LogP contribution in [0.3, 0.4) is 0 Å². The first-order valence-electron chi connectivity index (χ1n) is 6.94. The summed E-state index contributed by atoms with van der Waals surface area (Å²) in [4.78, 5) is 21.9. The van der Waals surface area contributed by atoms with Crippen LogP contribution in [0.25, 0.3) is 0 Å². The molecule has 2 aliphatic carbocycles. The Morgan fingerprint density at radius 2 is 1.84 bits per heavy atom. The molecule has 6 heteroatoms. The molecule has 0 aliphatic heterocycles. The number of carbonyl (C=O) groups excluding carboxylic acids is 1. The Morgan fingerprint density at radius 1 is 1.26 bits per heavy atom. The van der Waals surface area contributed by atoms with Gasteiger partial charge in [-0.2, -0.15) is 0 Å². The number of carbonyl (C=O) groups is 2. The van der Waals surface area contributed by atoms with Crippen molar-refractivity contribution in [3.8, 4) is 0 Å². The van der Waals surface area contributed by atoms with Crippen molar-refractivity contribution in [2.24, 2.45) is 17.6 Å². The maximum atomic E-state index is 11.5. The van der Waals surface area contributed by atoms with Crippen molar-refractivity contribution in [2.45, 2.75) is 44.2 Å². The molecule has 0 aromatic rings. The fraction of sp³-hybridized carbons (Fsp3) is 0.846. The second-order valence-corrected chi connectivity index (χ2v) is 5.51. The van der Waals surface area contributed by atoms with Gasteiger partial charge in [0.15, 0.2) is 0 Å². The molecule has 1 amide bonds. The summed E-state index contributed by atoms with van der Waals surface area (Å²) >= 11 is 0. The van der Waals surface area contributed by atoms with E-state index >= 15 is 0 Å². The Bertz CT molecular complexity index is 328. The van der Waals surface area contributed by atoms with E-state index in [1.54, 1.807) is 0 Å². The average Bonchev–Trinajstić information content (AvgIpc) is 3.20. The molecule has 4 N–H and O–H groups in total. The Morgan fingerprint density at radius 3 is 2.32 bits per heavy atom. The monoisotopic (exact) mass is 270 g/mol. The molecule has 0 bridgehead atoms. The predicted molar refractivity (Wildman–Crippen MR) is 68.4 cm³/mol. The summed E-state index contributed by atoms with van der Waals surface area (Å²) in [6.07, 6.45) is 5.06. The van der Waals surface area contributed by atoms with Crippen LogP contribution in [0.5, 0.6) is 0 Å². The third-order valence-electron chi connectivity index (χ3n) is 3.62. The van der Waals surface area contributed by atoms with Gasteiger partial charge in [0.05, 0.1) is 25.2 Å². The summed E-state index contributed by atoms with van der Waals surface area (Å²) in [7, 11) is 0. The van der Waals surface area contributed by atoms with Crippen molar-refractivity contribution in [1.29, 1.82) is 0 Å². The molecule has 0 unspecified atom stereocenters. The number of ether oxygens (including phenoxy) is 1. The smallest absolute Gasteiger partial charge is 0.305 e. The van der Waals surface area contributed by atoms with Gasteiger partial charge < -0.3 is 20.9 Å². The van der Waals surface area contributed by atoms with E-state index in [1.165, 1.54) is 25.7 Å². The Hall–Kier alpha value is -1.14. The number of rotatable bonds is 9. The number of hydrogen-bond acceptors (Lipinski definition) is 4. The van der Waals surface area contributed by atoms with Crippen LogP contribution in [0.2, 0.25) is 0 Å². The van der Waals surface area contributed by atoms with Crippen molar-refractivity contribution in [2.75, 3.05) is 13.2 Å². The van der Waals surface area contributed by atoms with Crippen LogP contribution >= 0.6 is 0 Å². The lowest BCUT2D eigenvalue weighted by Gasteiger charge is -2.17. The standard InChI is InChI=1S/C13H22N2O4/c14-10(7-11(16)17)13(18)15-5-6-19-12(8-1-2-8)9-3-4-9/h8-10,12H,1-7,14H2,(H,15,18)(H,16,17)/t10-/m0/s1. The first kappa shape index (κ1) is 14.3. The molecule has 1 atom stereocenters. The summed E-state index contributed by atoms with van der Waals surface area (Å²) in [6.45, 7) is 0.866. The molecule has 0 aromatic carbocycles. The first-order valence-corrected chi connectivity index (χ1v) is 6.94. The molecule has 2 fully saturated rings. The van der Waals surface area contributed by atoms with Gasteiger partial charge in [0, 0.05) is 6.54 Å². The second kappa shape index (κ2) is 6.34. The highest BCUT2D eigenvalue weighted by Gasteiger charge is 2.42. The lowest BCUT2D eigenvalue weighted by Crippen LogP contribution is -2.43. The molecule has 19 heavy (non-hydrogen) atoms. The maximum absolute atomic E-state index is 11.5. The predicted octanol–water partition coefficient (Wildman–Crippen LogP) is 0.110. The maximum Gasteiger partial charge on any atom is 0.305 e. The molecule has 108 valence electrons. The lowest BCUT2D eigenvalue weighted by atomic mass is 10.1. The van der Waals surface area contributed by atoms with Crippen molar-refractivity contribution in [1.82, 2.24) is 5.32 Å². The summed E-state index contributed by atoms with van der Waals surface area (Å²) in [5, 5.41) is 11.1. The highest BCUT2D eigenvalue weighted by atomic mass is 16.5. The second-order valence-electron chi connectivity index (χ2n) is 5.51. The van der Waals surface area contributed by atoms with Crippen LogP contribution in [-0.2, 0) is 14.3 Å². The van der Waals surface area contributed by atoms with Crippen molar-refractivity contribution in [3.63, 3.8) is 0 Å². The molecule has 0 heterocycles. The SMILES string of the molecule is N[C@@H](CC(=O)O)C(=O)NCCOC(C1CC1)C1CC1. The summed E-state index contributed by atoms with van der Waals surface area (Å²) in [6, 6.07) is -0.986. The number of nitrogens with one attached hydrogen (secondary N) is 1. The Labute approximate surface area is 112 Å². The van der Waals surface area contributed by atoms with Gasteiger partial charge in [-0.25, -0.2) is 0 Å². The molecule has 2 saturated carbocycles. The number of aliphatic carboxylic acids is 1. The molecular formula is C13H22N2O4. The van der Waals surface area contributed by atoms with Gasteiger partial charge in [-0.15, -0.1) is 0 Å². The van der Waals surface area contributed by atoms with Crippen molar-refractivity contribution in [3.05, 3.63) is 0 Å². The number of nitrogens with two attached hydrogens (primary N) is 1. The molecule has 0 aromatic heterocycles. The first-order chi connectivity index (χ1) is 9.08. The van der Waals surface area contributed by atoms with Gasteiger partial charge in [-0.3, -0.25) is 9.59 Å². The van der Waals surface area contributed by atoms with Gasteiger partial charge in [0.1, 0.15) is 0 Å². The summed E-state index contributed by atoms with van der Waals surface area (Å²) in [5.41, 5.74) is 5.44. The normalized spacial score (nSPS) is 20.3. The molecule has 0 spiro atoms. The van der Waals surface area contributed by atoms with Crippen LogP contribution in [0.4, 0.5) is 0 Å². The van der Waals surface area contributed by atoms with Gasteiger partial charge in [0.25, 0.3) is 0 Å². The van der Waals surface area contributed by atoms with Crippen LogP contribution in [0.15, 0.2) is 0 Å². The van der Waals surface area contributed by atoms with E-state index in [0.29, 0.717) is 19.3 Å². The third-order valence-corrected chi connectivity index (χ3v) is 3.62. The average molecular weight is 270 g/mol. The molecule has 6 nitrogen and oxygen atoms in total.